The van der Waals surface area contributed by atoms with Crippen LogP contribution in [0.3, 0.4) is 0 Å². The Bertz CT molecular complexity index is 995. The van der Waals surface area contributed by atoms with Crippen LogP contribution in [-0.4, -0.2) is 66.4 Å². The molecule has 10 heteroatoms. The second-order valence-corrected chi connectivity index (χ2v) is 7.43. The van der Waals surface area contributed by atoms with Gasteiger partial charge in [0.2, 0.25) is 11.8 Å². The second kappa shape index (κ2) is 11.1. The first-order valence-electron chi connectivity index (χ1n) is 10.4. The van der Waals surface area contributed by atoms with E-state index in [1.807, 2.05) is 48.5 Å². The molecular formula is C23H25N3O7. The van der Waals surface area contributed by atoms with Crippen molar-refractivity contribution in [2.24, 2.45) is 0 Å². The SMILES string of the molecule is O=C(CNC(=O)OCC1c2ccccc2-c2ccccc21)NCC(=O)NC(CCO)C(=O)O. The molecule has 2 aromatic carbocycles. The van der Waals surface area contributed by atoms with E-state index in [1.165, 1.54) is 0 Å². The minimum Gasteiger partial charge on any atom is -0.480 e. The van der Waals surface area contributed by atoms with Crippen LogP contribution in [-0.2, 0) is 19.1 Å². The summed E-state index contributed by atoms with van der Waals surface area (Å²) in [6.07, 6.45) is -0.927. The van der Waals surface area contributed by atoms with Crippen LogP contribution in [0.25, 0.3) is 11.1 Å². The topological polar surface area (TPSA) is 154 Å². The number of nitrogens with one attached hydrogen (secondary N) is 3. The molecular weight excluding hydrogens is 430 g/mol. The summed E-state index contributed by atoms with van der Waals surface area (Å²) in [5.74, 6) is -2.78. The van der Waals surface area contributed by atoms with Crippen molar-refractivity contribution in [3.05, 3.63) is 59.7 Å². The molecule has 1 unspecified atom stereocenters. The zero-order valence-electron chi connectivity index (χ0n) is 17.7. The highest BCUT2D eigenvalue weighted by Gasteiger charge is 2.29. The number of rotatable bonds is 10. The molecule has 1 atom stereocenters. The highest BCUT2D eigenvalue weighted by Crippen LogP contribution is 2.44. The van der Waals surface area contributed by atoms with E-state index >= 15 is 0 Å². The Hall–Kier alpha value is -3.92. The van der Waals surface area contributed by atoms with E-state index in [2.05, 4.69) is 16.0 Å². The standard InChI is InChI=1S/C23H25N3O7/c27-10-9-19(22(30)31)26-21(29)12-24-20(28)11-25-23(32)33-13-18-16-7-3-1-5-14(16)15-6-2-4-8-17(15)18/h1-8,18-19,27H,9-13H2,(H,24,28)(H,25,32)(H,26,29)(H,30,31). The second-order valence-electron chi connectivity index (χ2n) is 7.43. The van der Waals surface area contributed by atoms with E-state index < -0.39 is 49.6 Å². The normalized spacial score (nSPS) is 12.8. The Balaban J connectivity index is 1.42. The van der Waals surface area contributed by atoms with Crippen LogP contribution in [0.2, 0.25) is 0 Å². The van der Waals surface area contributed by atoms with Gasteiger partial charge in [0.05, 0.1) is 6.54 Å². The van der Waals surface area contributed by atoms with Crippen molar-refractivity contribution in [2.75, 3.05) is 26.3 Å². The third-order valence-electron chi connectivity index (χ3n) is 5.23. The van der Waals surface area contributed by atoms with E-state index in [4.69, 9.17) is 14.9 Å². The van der Waals surface area contributed by atoms with Crippen molar-refractivity contribution in [3.63, 3.8) is 0 Å². The minimum absolute atomic E-state index is 0.102. The highest BCUT2D eigenvalue weighted by atomic mass is 16.5. The molecule has 0 saturated carbocycles. The Morgan fingerprint density at radius 2 is 1.45 bits per heavy atom. The molecule has 1 aliphatic rings. The van der Waals surface area contributed by atoms with E-state index in [0.717, 1.165) is 22.3 Å². The summed E-state index contributed by atoms with van der Waals surface area (Å²) in [5.41, 5.74) is 4.33. The average Bonchev–Trinajstić information content (AvgIpc) is 3.13. The molecule has 5 N–H and O–H groups in total. The first-order valence-corrected chi connectivity index (χ1v) is 10.4. The van der Waals surface area contributed by atoms with E-state index in [0.29, 0.717) is 0 Å². The third kappa shape index (κ3) is 6.07. The predicted molar refractivity (Wildman–Crippen MR) is 117 cm³/mol. The number of hydrogen-bond acceptors (Lipinski definition) is 6. The fraction of sp³-hybridized carbons (Fsp3) is 0.304. The van der Waals surface area contributed by atoms with E-state index in [-0.39, 0.29) is 18.9 Å². The number of aliphatic hydroxyl groups is 1. The molecule has 1 aliphatic carbocycles. The molecule has 174 valence electrons. The van der Waals surface area contributed by atoms with Crippen LogP contribution >= 0.6 is 0 Å². The zero-order chi connectivity index (χ0) is 23.8. The summed E-state index contributed by atoms with van der Waals surface area (Å²) in [4.78, 5) is 46.6. The molecule has 10 nitrogen and oxygen atoms in total. The average molecular weight is 455 g/mol. The first-order chi connectivity index (χ1) is 15.9. The fourth-order valence-electron chi connectivity index (χ4n) is 3.68. The van der Waals surface area contributed by atoms with Crippen molar-refractivity contribution in [1.82, 2.24) is 16.0 Å². The van der Waals surface area contributed by atoms with Gasteiger partial charge >= 0.3 is 12.1 Å². The number of ether oxygens (including phenoxy) is 1. The highest BCUT2D eigenvalue weighted by molar-refractivity contribution is 5.89. The Morgan fingerprint density at radius 1 is 0.879 bits per heavy atom. The zero-order valence-corrected chi connectivity index (χ0v) is 17.7. The molecule has 0 fully saturated rings. The molecule has 0 radical (unpaired) electrons. The predicted octanol–water partition coefficient (Wildman–Crippen LogP) is 0.593. The molecule has 0 spiro atoms. The van der Waals surface area contributed by atoms with Crippen molar-refractivity contribution in [3.8, 4) is 11.1 Å². The Kier molecular flexibility index (Phi) is 7.98. The summed E-state index contributed by atoms with van der Waals surface area (Å²) in [6, 6.07) is 14.6. The van der Waals surface area contributed by atoms with Gasteiger partial charge in [-0.05, 0) is 22.3 Å². The van der Waals surface area contributed by atoms with Gasteiger partial charge in [-0.15, -0.1) is 0 Å². The van der Waals surface area contributed by atoms with Gasteiger partial charge in [-0.1, -0.05) is 48.5 Å². The van der Waals surface area contributed by atoms with E-state index in [1.54, 1.807) is 0 Å². The number of alkyl carbamates (subject to hydrolysis) is 1. The van der Waals surface area contributed by atoms with Gasteiger partial charge in [0, 0.05) is 18.9 Å². The number of carboxylic acid groups (broad SMARTS) is 1. The quantitative estimate of drug-likeness (QED) is 0.351. The lowest BCUT2D eigenvalue weighted by molar-refractivity contribution is -0.142. The summed E-state index contributed by atoms with van der Waals surface area (Å²) in [7, 11) is 0. The summed E-state index contributed by atoms with van der Waals surface area (Å²) in [6.45, 7) is -1.19. The molecule has 3 amide bonds. The molecule has 0 heterocycles. The van der Waals surface area contributed by atoms with Crippen LogP contribution in [0, 0.1) is 0 Å². The molecule has 0 bridgehead atoms. The monoisotopic (exact) mass is 455 g/mol. The van der Waals surface area contributed by atoms with Crippen LogP contribution in [0.1, 0.15) is 23.5 Å². The van der Waals surface area contributed by atoms with E-state index in [9.17, 15) is 19.2 Å². The summed E-state index contributed by atoms with van der Waals surface area (Å²) in [5, 5.41) is 24.5. The molecule has 2 aromatic rings. The lowest BCUT2D eigenvalue weighted by atomic mass is 9.98. The minimum atomic E-state index is -1.29. The van der Waals surface area contributed by atoms with Crippen molar-refractivity contribution in [2.45, 2.75) is 18.4 Å². The number of amides is 3. The summed E-state index contributed by atoms with van der Waals surface area (Å²) >= 11 is 0. The molecule has 0 aromatic heterocycles. The number of carbonyl (C=O) groups is 4. The van der Waals surface area contributed by atoms with Crippen molar-refractivity contribution < 1.29 is 34.1 Å². The molecule has 3 rings (SSSR count). The maximum atomic E-state index is 12.1. The molecule has 0 saturated heterocycles. The van der Waals surface area contributed by atoms with Gasteiger partial charge in [0.15, 0.2) is 0 Å². The number of benzene rings is 2. The number of aliphatic hydroxyl groups excluding tert-OH is 1. The van der Waals surface area contributed by atoms with Gasteiger partial charge in [-0.25, -0.2) is 9.59 Å². The van der Waals surface area contributed by atoms with Crippen molar-refractivity contribution in [1.29, 1.82) is 0 Å². The van der Waals surface area contributed by atoms with Gasteiger partial charge in [-0.3, -0.25) is 9.59 Å². The number of carboxylic acids is 1. The number of carbonyl (C=O) groups excluding carboxylic acids is 3. The van der Waals surface area contributed by atoms with Crippen LogP contribution in [0.15, 0.2) is 48.5 Å². The maximum Gasteiger partial charge on any atom is 0.407 e. The first kappa shape index (κ1) is 23.7. The maximum absolute atomic E-state index is 12.1. The van der Waals surface area contributed by atoms with Crippen molar-refractivity contribution >= 4 is 23.9 Å². The number of aliphatic carboxylic acids is 1. The third-order valence-corrected chi connectivity index (χ3v) is 5.23. The van der Waals surface area contributed by atoms with Crippen LogP contribution < -0.4 is 16.0 Å². The number of fused-ring (bicyclic) bond motifs is 3. The molecule has 0 aliphatic heterocycles. The van der Waals surface area contributed by atoms with Gasteiger partial charge in [0.1, 0.15) is 19.2 Å². The van der Waals surface area contributed by atoms with Crippen LogP contribution in [0.4, 0.5) is 4.79 Å². The van der Waals surface area contributed by atoms with Gasteiger partial charge in [0.25, 0.3) is 0 Å². The lowest BCUT2D eigenvalue weighted by Crippen LogP contribution is -2.47. The van der Waals surface area contributed by atoms with Gasteiger partial charge in [-0.2, -0.15) is 0 Å². The van der Waals surface area contributed by atoms with Gasteiger partial charge < -0.3 is 30.9 Å². The summed E-state index contributed by atoms with van der Waals surface area (Å²) < 4.78 is 5.32. The van der Waals surface area contributed by atoms with Crippen LogP contribution in [0.5, 0.6) is 0 Å². The molecule has 33 heavy (non-hydrogen) atoms. The largest absolute Gasteiger partial charge is 0.480 e. The smallest absolute Gasteiger partial charge is 0.407 e. The Morgan fingerprint density at radius 3 is 2.03 bits per heavy atom. The Labute approximate surface area is 189 Å². The lowest BCUT2D eigenvalue weighted by Gasteiger charge is -2.15. The number of hydrogen-bond donors (Lipinski definition) is 5. The fourth-order valence-corrected chi connectivity index (χ4v) is 3.68.